The van der Waals surface area contributed by atoms with Gasteiger partial charge in [0, 0.05) is 31.0 Å². The first-order chi connectivity index (χ1) is 12.0. The molecule has 2 aromatic heterocycles. The van der Waals surface area contributed by atoms with Crippen LogP contribution in [-0.4, -0.2) is 33.8 Å². The highest BCUT2D eigenvalue weighted by atomic mass is 19.1. The molecule has 1 fully saturated rings. The van der Waals surface area contributed by atoms with E-state index in [4.69, 9.17) is 0 Å². The van der Waals surface area contributed by atoms with Crippen molar-refractivity contribution in [2.45, 2.75) is 19.8 Å². The number of aromatic nitrogens is 3. The smallest absolute Gasteiger partial charge is 0.272 e. The summed E-state index contributed by atoms with van der Waals surface area (Å²) >= 11 is 0. The molecule has 7 heteroatoms. The summed E-state index contributed by atoms with van der Waals surface area (Å²) in [6.07, 6.45) is 2.27. The summed E-state index contributed by atoms with van der Waals surface area (Å²) in [7, 11) is 1.87. The minimum Gasteiger partial charge on any atom is -0.353 e. The third kappa shape index (κ3) is 2.75. The van der Waals surface area contributed by atoms with Crippen LogP contribution in [0.15, 0.2) is 24.3 Å². The number of rotatable bonds is 3. The fourth-order valence-corrected chi connectivity index (χ4v) is 3.29. The van der Waals surface area contributed by atoms with Crippen molar-refractivity contribution >= 4 is 28.3 Å². The summed E-state index contributed by atoms with van der Waals surface area (Å²) in [6, 6.07) is 6.08. The van der Waals surface area contributed by atoms with Gasteiger partial charge in [0.1, 0.15) is 17.2 Å². The Kier molecular flexibility index (Phi) is 3.71. The Morgan fingerprint density at radius 1 is 1.28 bits per heavy atom. The number of carbonyl (C=O) groups is 1. The summed E-state index contributed by atoms with van der Waals surface area (Å²) in [6.45, 7) is 3.83. The Morgan fingerprint density at radius 3 is 2.80 bits per heavy atom. The topological polar surface area (TPSA) is 66.0 Å². The number of hydrogen-bond acceptors (Lipinski definition) is 3. The Morgan fingerprint density at radius 2 is 2.04 bits per heavy atom. The number of benzene rings is 1. The maximum atomic E-state index is 13.3. The average Bonchev–Trinajstić information content (AvgIpc) is 3.30. The van der Waals surface area contributed by atoms with Crippen LogP contribution in [-0.2, 0) is 7.05 Å². The molecule has 130 valence electrons. The molecule has 1 amide bonds. The van der Waals surface area contributed by atoms with Crippen molar-refractivity contribution in [3.8, 4) is 0 Å². The number of carbonyl (C=O) groups excluding carboxylic acids is 1. The molecular formula is C18H20FN5O. The molecule has 0 radical (unpaired) electrons. The Hall–Kier alpha value is -2.83. The molecule has 25 heavy (non-hydrogen) atoms. The fraction of sp³-hybridized carbons (Fsp3) is 0.333. The Balaban J connectivity index is 1.65. The summed E-state index contributed by atoms with van der Waals surface area (Å²) < 4.78 is 15.1. The van der Waals surface area contributed by atoms with Crippen LogP contribution in [0.2, 0.25) is 0 Å². The predicted molar refractivity (Wildman–Crippen MR) is 95.6 cm³/mol. The normalized spacial score (nSPS) is 14.4. The van der Waals surface area contributed by atoms with Crippen LogP contribution in [0.5, 0.6) is 0 Å². The van der Waals surface area contributed by atoms with Crippen LogP contribution in [0, 0.1) is 12.7 Å². The van der Waals surface area contributed by atoms with Gasteiger partial charge in [-0.25, -0.2) is 4.39 Å². The van der Waals surface area contributed by atoms with E-state index in [1.54, 1.807) is 16.8 Å². The monoisotopic (exact) mass is 341 g/mol. The molecule has 0 atom stereocenters. The zero-order chi connectivity index (χ0) is 17.6. The molecule has 1 aromatic carbocycles. The largest absolute Gasteiger partial charge is 0.353 e. The van der Waals surface area contributed by atoms with E-state index in [2.05, 4.69) is 20.3 Å². The Labute approximate surface area is 144 Å². The number of fused-ring (bicyclic) bond motifs is 1. The average molecular weight is 341 g/mol. The first kappa shape index (κ1) is 15.7. The quantitative estimate of drug-likeness (QED) is 0.769. The van der Waals surface area contributed by atoms with Crippen molar-refractivity contribution in [2.75, 3.05) is 23.3 Å². The van der Waals surface area contributed by atoms with E-state index in [0.29, 0.717) is 11.1 Å². The van der Waals surface area contributed by atoms with Crippen LogP contribution < -0.4 is 10.2 Å². The van der Waals surface area contributed by atoms with Crippen molar-refractivity contribution in [1.82, 2.24) is 14.8 Å². The Bertz CT molecular complexity index is 952. The maximum Gasteiger partial charge on any atom is 0.272 e. The number of halogens is 1. The minimum absolute atomic E-state index is 0.256. The highest BCUT2D eigenvalue weighted by Gasteiger charge is 2.23. The molecule has 3 heterocycles. The van der Waals surface area contributed by atoms with Gasteiger partial charge >= 0.3 is 0 Å². The van der Waals surface area contributed by atoms with Gasteiger partial charge in [0.15, 0.2) is 5.82 Å². The van der Waals surface area contributed by atoms with Gasteiger partial charge in [-0.05, 0) is 44.0 Å². The number of aryl methyl sites for hydroxylation is 1. The molecule has 1 saturated heterocycles. The zero-order valence-corrected chi connectivity index (χ0v) is 14.3. The van der Waals surface area contributed by atoms with Crippen molar-refractivity contribution in [1.29, 1.82) is 0 Å². The van der Waals surface area contributed by atoms with Gasteiger partial charge in [0.05, 0.1) is 5.69 Å². The third-order valence-corrected chi connectivity index (χ3v) is 4.79. The van der Waals surface area contributed by atoms with E-state index >= 15 is 0 Å². The number of amides is 1. The first-order valence-electron chi connectivity index (χ1n) is 8.41. The second kappa shape index (κ2) is 5.91. The molecule has 3 aromatic rings. The number of aromatic amines is 1. The van der Waals surface area contributed by atoms with Crippen molar-refractivity contribution < 1.29 is 9.18 Å². The van der Waals surface area contributed by atoms with E-state index in [-0.39, 0.29) is 11.7 Å². The summed E-state index contributed by atoms with van der Waals surface area (Å²) in [5, 5.41) is 8.21. The second-order valence-electron chi connectivity index (χ2n) is 6.47. The van der Waals surface area contributed by atoms with E-state index < -0.39 is 0 Å². The molecular weight excluding hydrogens is 321 g/mol. The number of H-pyrrole nitrogens is 1. The highest BCUT2D eigenvalue weighted by Crippen LogP contribution is 2.31. The van der Waals surface area contributed by atoms with E-state index in [1.807, 2.05) is 14.0 Å². The molecule has 0 aliphatic carbocycles. The molecule has 0 saturated carbocycles. The molecule has 0 spiro atoms. The molecule has 0 unspecified atom stereocenters. The van der Waals surface area contributed by atoms with Crippen molar-refractivity contribution in [2.24, 2.45) is 7.05 Å². The number of nitrogens with zero attached hydrogens (tertiary/aromatic N) is 3. The van der Waals surface area contributed by atoms with Gasteiger partial charge in [-0.15, -0.1) is 0 Å². The van der Waals surface area contributed by atoms with Crippen LogP contribution in [0.3, 0.4) is 0 Å². The third-order valence-electron chi connectivity index (χ3n) is 4.79. The minimum atomic E-state index is -0.321. The predicted octanol–water partition coefficient (Wildman–Crippen LogP) is 3.20. The summed E-state index contributed by atoms with van der Waals surface area (Å²) in [5.74, 6) is 0.235. The van der Waals surface area contributed by atoms with Gasteiger partial charge in [0.25, 0.3) is 5.91 Å². The van der Waals surface area contributed by atoms with Crippen molar-refractivity contribution in [3.63, 3.8) is 0 Å². The van der Waals surface area contributed by atoms with Gasteiger partial charge in [0.2, 0.25) is 0 Å². The molecule has 1 aliphatic heterocycles. The van der Waals surface area contributed by atoms with E-state index in [9.17, 15) is 9.18 Å². The lowest BCUT2D eigenvalue weighted by atomic mass is 10.2. The molecule has 6 nitrogen and oxygen atoms in total. The highest BCUT2D eigenvalue weighted by molar-refractivity contribution is 6.07. The number of hydrogen-bond donors (Lipinski definition) is 2. The van der Waals surface area contributed by atoms with Gasteiger partial charge < -0.3 is 15.2 Å². The SMILES string of the molecule is Cc1c(NC(=O)c2cc3cc(F)ccc3[nH]2)c(N2CCCC2)nn1C. The van der Waals surface area contributed by atoms with Crippen LogP contribution in [0.25, 0.3) is 10.9 Å². The standard InChI is InChI=1S/C18H20FN5O/c1-11-16(17(22-23(11)2)24-7-3-4-8-24)21-18(25)15-10-12-9-13(19)5-6-14(12)20-15/h5-6,9-10,20H,3-4,7-8H2,1-2H3,(H,21,25). The zero-order valence-electron chi connectivity index (χ0n) is 14.3. The lowest BCUT2D eigenvalue weighted by Gasteiger charge is -2.16. The van der Waals surface area contributed by atoms with E-state index in [1.165, 1.54) is 12.1 Å². The van der Waals surface area contributed by atoms with Crippen LogP contribution in [0.1, 0.15) is 29.0 Å². The lowest BCUT2D eigenvalue weighted by molar-refractivity contribution is 0.102. The van der Waals surface area contributed by atoms with Crippen molar-refractivity contribution in [3.05, 3.63) is 41.5 Å². The van der Waals surface area contributed by atoms with Gasteiger partial charge in [-0.2, -0.15) is 5.10 Å². The first-order valence-corrected chi connectivity index (χ1v) is 8.41. The number of nitrogens with one attached hydrogen (secondary N) is 2. The fourth-order valence-electron chi connectivity index (χ4n) is 3.29. The summed E-state index contributed by atoms with van der Waals surface area (Å²) in [4.78, 5) is 17.9. The van der Waals surface area contributed by atoms with E-state index in [0.717, 1.165) is 48.6 Å². The summed E-state index contributed by atoms with van der Waals surface area (Å²) in [5.41, 5.74) is 2.77. The van der Waals surface area contributed by atoms with Gasteiger partial charge in [-0.3, -0.25) is 9.48 Å². The molecule has 4 rings (SSSR count). The second-order valence-corrected chi connectivity index (χ2v) is 6.47. The molecule has 1 aliphatic rings. The lowest BCUT2D eigenvalue weighted by Crippen LogP contribution is -2.21. The van der Waals surface area contributed by atoms with Gasteiger partial charge in [-0.1, -0.05) is 0 Å². The van der Waals surface area contributed by atoms with Crippen LogP contribution >= 0.6 is 0 Å². The maximum absolute atomic E-state index is 13.3. The molecule has 0 bridgehead atoms. The number of anilines is 2. The molecule has 2 N–H and O–H groups in total. The van der Waals surface area contributed by atoms with Crippen LogP contribution in [0.4, 0.5) is 15.9 Å².